The Morgan fingerprint density at radius 2 is 1.50 bits per heavy atom. The molecule has 5 rings (SSSR count). The van der Waals surface area contributed by atoms with Gasteiger partial charge in [-0.1, -0.05) is 54.6 Å². The van der Waals surface area contributed by atoms with Gasteiger partial charge in [0.05, 0.1) is 46.5 Å². The molecule has 1 fully saturated rings. The van der Waals surface area contributed by atoms with E-state index in [1.807, 2.05) is 107 Å². The molecule has 16 nitrogen and oxygen atoms in total. The molecule has 62 heavy (non-hydrogen) atoms. The number of methoxy groups -OCH3 is 2. The van der Waals surface area contributed by atoms with Gasteiger partial charge in [0.1, 0.15) is 41.2 Å². The van der Waals surface area contributed by atoms with Crippen LogP contribution < -0.4 is 25.8 Å². The zero-order chi connectivity index (χ0) is 44.8. The average Bonchev–Trinajstić information content (AvgIpc) is 3.59. The summed E-state index contributed by atoms with van der Waals surface area (Å²) in [7, 11) is 2.85. The Morgan fingerprint density at radius 1 is 0.903 bits per heavy atom. The fourth-order valence-electron chi connectivity index (χ4n) is 7.32. The number of nitrogens with one attached hydrogen (secondary N) is 2. The lowest BCUT2D eigenvalue weighted by molar-refractivity contribution is -0.124. The maximum atomic E-state index is 13.8. The normalized spacial score (nSPS) is 18.1. The van der Waals surface area contributed by atoms with Crippen molar-refractivity contribution in [2.24, 2.45) is 0 Å². The van der Waals surface area contributed by atoms with Crippen molar-refractivity contribution in [2.75, 3.05) is 46.4 Å². The number of carbonyl (C=O) groups is 2. The second-order valence-electron chi connectivity index (χ2n) is 14.9. The summed E-state index contributed by atoms with van der Waals surface area (Å²) < 4.78 is 48.6. The number of anilines is 1. The summed E-state index contributed by atoms with van der Waals surface area (Å²) in [6.07, 6.45) is -2.52. The lowest BCUT2D eigenvalue weighted by Crippen LogP contribution is -2.43. The van der Waals surface area contributed by atoms with Gasteiger partial charge in [-0.25, -0.2) is 9.46 Å². The second-order valence-corrected chi connectivity index (χ2v) is 16.3. The first kappa shape index (κ1) is 47.8. The van der Waals surface area contributed by atoms with E-state index in [9.17, 15) is 19.6 Å². The van der Waals surface area contributed by atoms with Crippen LogP contribution in [0.3, 0.4) is 0 Å². The molecule has 0 aliphatic carbocycles. The summed E-state index contributed by atoms with van der Waals surface area (Å²) in [5, 5.41) is 14.6. The van der Waals surface area contributed by atoms with Crippen molar-refractivity contribution in [3.05, 3.63) is 118 Å². The molecule has 2 amide bonds. The lowest BCUT2D eigenvalue weighted by atomic mass is 9.80. The molecule has 1 saturated heterocycles. The predicted octanol–water partition coefficient (Wildman–Crippen LogP) is 6.31. The Labute approximate surface area is 364 Å². The van der Waals surface area contributed by atoms with Gasteiger partial charge in [-0.15, -0.1) is 0 Å². The lowest BCUT2D eigenvalue weighted by Gasteiger charge is -2.39. The van der Waals surface area contributed by atoms with Crippen molar-refractivity contribution in [3.8, 4) is 17.6 Å². The predicted molar refractivity (Wildman–Crippen MR) is 233 cm³/mol. The minimum absolute atomic E-state index is 0.00578. The first-order valence-electron chi connectivity index (χ1n) is 20.4. The van der Waals surface area contributed by atoms with E-state index in [0.29, 0.717) is 11.5 Å². The van der Waals surface area contributed by atoms with E-state index in [2.05, 4.69) is 26.4 Å². The Bertz CT molecular complexity index is 2090. The fraction of sp³-hybridized carbons (Fsp3) is 0.444. The number of ether oxygens (including phenoxy) is 5. The highest BCUT2D eigenvalue weighted by Crippen LogP contribution is 2.51. The van der Waals surface area contributed by atoms with Gasteiger partial charge in [0.2, 0.25) is 11.8 Å². The van der Waals surface area contributed by atoms with Gasteiger partial charge in [-0.3, -0.25) is 14.2 Å². The number of hydrogen-bond acceptors (Lipinski definition) is 13. The van der Waals surface area contributed by atoms with Crippen molar-refractivity contribution in [3.63, 3.8) is 0 Å². The molecule has 1 aromatic heterocycles. The SMILES string of the molecule is CNC(=O)CCO[C@@H]1[C@H](OP(OCCC#N)N(C(C)C)C(C)C)[C@@H](COC(c2ccccc2)(c2ccc(OC)cc2)c2ccc(OC)cc2)O[C@H]1n1ccc(NC(C)=O)nc1=O. The zero-order valence-corrected chi connectivity index (χ0v) is 37.4. The molecule has 0 saturated carbocycles. The van der Waals surface area contributed by atoms with E-state index in [-0.39, 0.29) is 56.5 Å². The summed E-state index contributed by atoms with van der Waals surface area (Å²) in [5.74, 6) is 0.729. The molecule has 0 spiro atoms. The van der Waals surface area contributed by atoms with E-state index in [0.717, 1.165) is 16.7 Å². The summed E-state index contributed by atoms with van der Waals surface area (Å²) >= 11 is 0. The van der Waals surface area contributed by atoms with Gasteiger partial charge in [-0.05, 0) is 74.7 Å². The maximum absolute atomic E-state index is 13.8. The van der Waals surface area contributed by atoms with Crippen LogP contribution in [0.1, 0.15) is 70.4 Å². The highest BCUT2D eigenvalue weighted by molar-refractivity contribution is 7.44. The van der Waals surface area contributed by atoms with Crippen molar-refractivity contribution in [2.45, 2.75) is 89.7 Å². The van der Waals surface area contributed by atoms with Crippen LogP contribution in [0.25, 0.3) is 0 Å². The van der Waals surface area contributed by atoms with Crippen LogP contribution in [-0.4, -0.2) is 97.5 Å². The largest absolute Gasteiger partial charge is 0.497 e. The van der Waals surface area contributed by atoms with E-state index < -0.39 is 50.3 Å². The van der Waals surface area contributed by atoms with Gasteiger partial charge in [0.15, 0.2) is 6.23 Å². The quantitative estimate of drug-likeness (QED) is 0.0510. The van der Waals surface area contributed by atoms with E-state index in [1.165, 1.54) is 30.8 Å². The number of hydrogen-bond donors (Lipinski definition) is 2. The third kappa shape index (κ3) is 11.6. The first-order valence-corrected chi connectivity index (χ1v) is 21.6. The van der Waals surface area contributed by atoms with E-state index in [1.54, 1.807) is 14.2 Å². The third-order valence-corrected chi connectivity index (χ3v) is 12.3. The summed E-state index contributed by atoms with van der Waals surface area (Å²) in [6.45, 7) is 9.34. The molecule has 2 heterocycles. The number of benzene rings is 3. The minimum Gasteiger partial charge on any atom is -0.497 e. The molecule has 3 aromatic carbocycles. The van der Waals surface area contributed by atoms with E-state index >= 15 is 0 Å². The Hall–Kier alpha value is -5.24. The second kappa shape index (κ2) is 22.7. The van der Waals surface area contributed by atoms with Crippen molar-refractivity contribution in [1.29, 1.82) is 5.26 Å². The maximum Gasteiger partial charge on any atom is 0.351 e. The molecule has 0 bridgehead atoms. The molecule has 17 heteroatoms. The zero-order valence-electron chi connectivity index (χ0n) is 36.5. The third-order valence-electron chi connectivity index (χ3n) is 10.1. The molecule has 4 aromatic rings. The molecule has 2 N–H and O–H groups in total. The van der Waals surface area contributed by atoms with Gasteiger partial charge in [0, 0.05) is 38.7 Å². The van der Waals surface area contributed by atoms with Crippen LogP contribution in [-0.2, 0) is 38.4 Å². The number of aromatic nitrogens is 2. The molecule has 1 aliphatic rings. The van der Waals surface area contributed by atoms with Gasteiger partial charge >= 0.3 is 5.69 Å². The van der Waals surface area contributed by atoms with Crippen LogP contribution in [0.4, 0.5) is 5.82 Å². The summed E-state index contributed by atoms with van der Waals surface area (Å²) in [6, 6.07) is 28.6. The Morgan fingerprint density at radius 3 is 2.02 bits per heavy atom. The van der Waals surface area contributed by atoms with Crippen LogP contribution in [0, 0.1) is 11.3 Å². The molecule has 5 atom stereocenters. The first-order chi connectivity index (χ1) is 29.9. The Kier molecular flexibility index (Phi) is 17.5. The molecule has 332 valence electrons. The van der Waals surface area contributed by atoms with Crippen LogP contribution >= 0.6 is 8.53 Å². The van der Waals surface area contributed by atoms with Gasteiger partial charge in [0.25, 0.3) is 8.53 Å². The van der Waals surface area contributed by atoms with E-state index in [4.69, 9.17) is 32.7 Å². The molecular weight excluding hydrogens is 816 g/mol. The van der Waals surface area contributed by atoms with Crippen molar-refractivity contribution < 1.29 is 42.3 Å². The summed E-state index contributed by atoms with van der Waals surface area (Å²) in [4.78, 5) is 42.3. The Balaban J connectivity index is 1.69. The van der Waals surface area contributed by atoms with Crippen molar-refractivity contribution >= 4 is 26.2 Å². The van der Waals surface area contributed by atoms with Crippen LogP contribution in [0.15, 0.2) is 95.9 Å². The average molecular weight is 873 g/mol. The number of amides is 2. The highest BCUT2D eigenvalue weighted by Gasteiger charge is 2.51. The number of rotatable bonds is 22. The number of nitrogens with zero attached hydrogens (tertiary/aromatic N) is 4. The number of nitriles is 1. The highest BCUT2D eigenvalue weighted by atomic mass is 31.2. The summed E-state index contributed by atoms with van der Waals surface area (Å²) in [5.41, 5.74) is 0.386. The fourth-order valence-corrected chi connectivity index (χ4v) is 9.09. The minimum atomic E-state index is -1.89. The smallest absolute Gasteiger partial charge is 0.351 e. The van der Waals surface area contributed by atoms with Crippen LogP contribution in [0.5, 0.6) is 11.5 Å². The topological polar surface area (TPSA) is 185 Å². The standard InChI is InChI=1S/C45H57N6O10P/c1-30(2)51(31(3)4)62(59-27-12-25-46)61-41-38(60-43(42(41)57-28-24-40(53)47-6)50-26-23-39(48-32(5)52)49-44(50)54)29-58-45(33-13-10-9-11-14-33,34-15-19-36(55-7)20-16-34)35-17-21-37(56-8)22-18-35/h9-11,13-23,26,30-31,38,41-43H,12,24,27-29H2,1-8H3,(H,47,53)(H,48,49,52,54)/t38-,41-,42-,43-,62?/m1/s1. The monoisotopic (exact) mass is 872 g/mol. The number of carbonyl (C=O) groups excluding carboxylic acids is 2. The van der Waals surface area contributed by atoms with Crippen molar-refractivity contribution in [1.82, 2.24) is 19.5 Å². The molecule has 0 radical (unpaired) electrons. The van der Waals surface area contributed by atoms with Crippen LogP contribution in [0.2, 0.25) is 0 Å². The molecular formula is C45H57N6O10P. The van der Waals surface area contributed by atoms with Gasteiger partial charge < -0.3 is 43.4 Å². The molecule has 1 unspecified atom stereocenters. The van der Waals surface area contributed by atoms with Gasteiger partial charge in [-0.2, -0.15) is 10.2 Å². The molecule has 1 aliphatic heterocycles.